The molecule has 7 heteroatoms. The molecule has 1 N–H and O–H groups in total. The zero-order valence-electron chi connectivity index (χ0n) is 19.9. The number of nitrogens with one attached hydrogen (secondary N) is 1. The summed E-state index contributed by atoms with van der Waals surface area (Å²) in [4.78, 5) is 15.0. The first kappa shape index (κ1) is 22.3. The molecule has 0 unspecified atom stereocenters. The van der Waals surface area contributed by atoms with E-state index in [2.05, 4.69) is 35.0 Å². The van der Waals surface area contributed by atoms with Gasteiger partial charge in [0.1, 0.15) is 5.60 Å². The number of amides is 1. The number of para-hydroxylation sites is 1. The van der Waals surface area contributed by atoms with Crippen LogP contribution in [-0.4, -0.2) is 52.4 Å². The number of ether oxygens (including phenoxy) is 3. The molecule has 178 valence electrons. The Labute approximate surface area is 195 Å². The maximum atomic E-state index is 12.9. The van der Waals surface area contributed by atoms with Crippen molar-refractivity contribution in [3.63, 3.8) is 0 Å². The zero-order valence-corrected chi connectivity index (χ0v) is 19.9. The van der Waals surface area contributed by atoms with Gasteiger partial charge in [-0.15, -0.1) is 0 Å². The van der Waals surface area contributed by atoms with E-state index in [0.29, 0.717) is 18.9 Å². The number of likely N-dealkylation sites (tertiary alicyclic amines) is 1. The second-order valence-electron chi connectivity index (χ2n) is 10.1. The highest BCUT2D eigenvalue weighted by molar-refractivity contribution is 5.76. The first-order valence-electron chi connectivity index (χ1n) is 12.3. The molecule has 3 aliphatic rings. The average molecular weight is 454 g/mol. The Morgan fingerprint density at radius 2 is 2.24 bits per heavy atom. The number of H-pyrrole nitrogens is 1. The van der Waals surface area contributed by atoms with Gasteiger partial charge in [0.15, 0.2) is 11.5 Å². The number of aromatic nitrogens is 2. The third-order valence-electron chi connectivity index (χ3n) is 7.55. The molecule has 0 saturated carbocycles. The van der Waals surface area contributed by atoms with Gasteiger partial charge in [-0.3, -0.25) is 9.89 Å². The highest BCUT2D eigenvalue weighted by Gasteiger charge is 2.52. The van der Waals surface area contributed by atoms with Crippen LogP contribution in [0.15, 0.2) is 30.6 Å². The van der Waals surface area contributed by atoms with Crippen molar-refractivity contribution in [1.82, 2.24) is 15.1 Å². The predicted octanol–water partition coefficient (Wildman–Crippen LogP) is 4.30. The Hall–Kier alpha value is -2.54. The predicted molar refractivity (Wildman–Crippen MR) is 124 cm³/mol. The number of benzene rings is 1. The second-order valence-corrected chi connectivity index (χ2v) is 10.1. The molecule has 3 aliphatic heterocycles. The average Bonchev–Trinajstić information content (AvgIpc) is 3.32. The van der Waals surface area contributed by atoms with Crippen LogP contribution in [0.2, 0.25) is 0 Å². The number of carbonyl (C=O) groups excluding carboxylic acids is 1. The van der Waals surface area contributed by atoms with E-state index in [0.717, 1.165) is 61.4 Å². The van der Waals surface area contributed by atoms with Gasteiger partial charge in [-0.05, 0) is 58.1 Å². The first-order chi connectivity index (χ1) is 16.0. The van der Waals surface area contributed by atoms with Gasteiger partial charge in [0.05, 0.1) is 25.0 Å². The number of nitrogens with zero attached hydrogens (tertiary/aromatic N) is 2. The van der Waals surface area contributed by atoms with Gasteiger partial charge in [-0.1, -0.05) is 12.1 Å². The van der Waals surface area contributed by atoms with Gasteiger partial charge >= 0.3 is 0 Å². The Morgan fingerprint density at radius 1 is 1.36 bits per heavy atom. The fraction of sp³-hybridized carbons (Fsp3) is 0.615. The zero-order chi connectivity index (χ0) is 23.0. The van der Waals surface area contributed by atoms with E-state index in [1.165, 1.54) is 0 Å². The minimum Gasteiger partial charge on any atom is -0.490 e. The molecule has 0 radical (unpaired) electrons. The molecule has 33 heavy (non-hydrogen) atoms. The number of hydrogen-bond acceptors (Lipinski definition) is 5. The molecule has 2 aromatic rings. The molecule has 1 amide bonds. The van der Waals surface area contributed by atoms with Crippen LogP contribution in [0.5, 0.6) is 11.5 Å². The third-order valence-corrected chi connectivity index (χ3v) is 7.55. The summed E-state index contributed by atoms with van der Waals surface area (Å²) in [7, 11) is 0. The molecular formula is C26H35N3O4. The summed E-state index contributed by atoms with van der Waals surface area (Å²) in [5, 5.41) is 6.81. The van der Waals surface area contributed by atoms with Crippen LogP contribution in [0.4, 0.5) is 0 Å². The molecule has 1 aromatic carbocycles. The van der Waals surface area contributed by atoms with Gasteiger partial charge < -0.3 is 19.1 Å². The van der Waals surface area contributed by atoms with Crippen molar-refractivity contribution in [2.45, 2.75) is 70.7 Å². The summed E-state index contributed by atoms with van der Waals surface area (Å²) >= 11 is 0. The van der Waals surface area contributed by atoms with Crippen LogP contribution in [0.1, 0.15) is 63.7 Å². The molecule has 2 saturated heterocycles. The summed E-state index contributed by atoms with van der Waals surface area (Å²) in [6.45, 7) is 8.45. The van der Waals surface area contributed by atoms with E-state index in [1.807, 2.05) is 31.5 Å². The van der Waals surface area contributed by atoms with Crippen LogP contribution < -0.4 is 9.47 Å². The molecule has 0 spiro atoms. The quantitative estimate of drug-likeness (QED) is 0.706. The van der Waals surface area contributed by atoms with Crippen LogP contribution in [0.3, 0.4) is 0 Å². The number of fused-ring (bicyclic) bond motifs is 4. The standard InChI is InChI=1S/C26H35N3O4/c1-4-31-22-9-6-8-19-24-20(26(2,3)33-25(19)22)13-18-16-29(12-11-21(18)32-24)23(30)10-5-7-17-14-27-28-15-17/h6,8-9,14-15,18,20-21,24H,4-5,7,10-13,16H2,1-3H3,(H,27,28)/t18-,20-,21-,24+/m0/s1. The number of aromatic amines is 1. The van der Waals surface area contributed by atoms with Crippen LogP contribution in [-0.2, 0) is 16.0 Å². The lowest BCUT2D eigenvalue weighted by Gasteiger charge is -2.53. The van der Waals surface area contributed by atoms with Gasteiger partial charge in [0.25, 0.3) is 0 Å². The molecule has 1 aromatic heterocycles. The highest BCUT2D eigenvalue weighted by atomic mass is 16.5. The SMILES string of the molecule is CCOc1cccc2c1OC(C)(C)[C@H]1C[C@H]3CN(C(=O)CCCc4cn[nH]c4)CC[C@@H]3O[C@H]21. The highest BCUT2D eigenvalue weighted by Crippen LogP contribution is 2.55. The Balaban J connectivity index is 1.26. The first-order valence-corrected chi connectivity index (χ1v) is 12.3. The number of rotatable bonds is 6. The largest absolute Gasteiger partial charge is 0.490 e. The lowest BCUT2D eigenvalue weighted by molar-refractivity contribution is -0.189. The van der Waals surface area contributed by atoms with E-state index in [1.54, 1.807) is 0 Å². The van der Waals surface area contributed by atoms with Gasteiger partial charge in [0, 0.05) is 43.1 Å². The topological polar surface area (TPSA) is 76.7 Å². The minimum atomic E-state index is -0.368. The summed E-state index contributed by atoms with van der Waals surface area (Å²) in [5.41, 5.74) is 1.88. The van der Waals surface area contributed by atoms with Crippen LogP contribution >= 0.6 is 0 Å². The number of aryl methyl sites for hydroxylation is 1. The van der Waals surface area contributed by atoms with Crippen molar-refractivity contribution in [3.05, 3.63) is 41.7 Å². The third kappa shape index (κ3) is 4.35. The van der Waals surface area contributed by atoms with E-state index in [9.17, 15) is 4.79 Å². The Bertz CT molecular complexity index is 974. The number of piperidine rings is 1. The summed E-state index contributed by atoms with van der Waals surface area (Å²) in [6, 6.07) is 6.12. The van der Waals surface area contributed by atoms with E-state index >= 15 is 0 Å². The Morgan fingerprint density at radius 3 is 3.03 bits per heavy atom. The summed E-state index contributed by atoms with van der Waals surface area (Å²) in [6.07, 6.45) is 8.11. The fourth-order valence-corrected chi connectivity index (χ4v) is 5.80. The lowest BCUT2D eigenvalue weighted by atomic mass is 9.70. The fourth-order valence-electron chi connectivity index (χ4n) is 5.80. The van der Waals surface area contributed by atoms with Gasteiger partial charge in [-0.2, -0.15) is 5.10 Å². The summed E-state index contributed by atoms with van der Waals surface area (Å²) in [5.74, 6) is 2.46. The lowest BCUT2D eigenvalue weighted by Crippen LogP contribution is -2.56. The molecule has 7 nitrogen and oxygen atoms in total. The molecule has 2 fully saturated rings. The molecule has 0 bridgehead atoms. The molecule has 0 aliphatic carbocycles. The van der Waals surface area contributed by atoms with Crippen molar-refractivity contribution in [2.24, 2.45) is 11.8 Å². The maximum absolute atomic E-state index is 12.9. The van der Waals surface area contributed by atoms with Crippen LogP contribution in [0, 0.1) is 11.8 Å². The minimum absolute atomic E-state index is 0.00242. The normalized spacial score (nSPS) is 27.7. The maximum Gasteiger partial charge on any atom is 0.222 e. The van der Waals surface area contributed by atoms with Gasteiger partial charge in [0.2, 0.25) is 5.91 Å². The Kier molecular flexibility index (Phi) is 6.08. The smallest absolute Gasteiger partial charge is 0.222 e. The molecule has 4 heterocycles. The van der Waals surface area contributed by atoms with Gasteiger partial charge in [-0.25, -0.2) is 0 Å². The van der Waals surface area contributed by atoms with Crippen molar-refractivity contribution in [2.75, 3.05) is 19.7 Å². The van der Waals surface area contributed by atoms with E-state index in [-0.39, 0.29) is 29.6 Å². The number of hydrogen-bond donors (Lipinski definition) is 1. The molecule has 4 atom stereocenters. The van der Waals surface area contributed by atoms with Crippen molar-refractivity contribution in [1.29, 1.82) is 0 Å². The molecule has 5 rings (SSSR count). The number of carbonyl (C=O) groups is 1. The van der Waals surface area contributed by atoms with Crippen LogP contribution in [0.25, 0.3) is 0 Å². The monoisotopic (exact) mass is 453 g/mol. The van der Waals surface area contributed by atoms with E-state index < -0.39 is 0 Å². The molecular weight excluding hydrogens is 418 g/mol. The van der Waals surface area contributed by atoms with Crippen molar-refractivity contribution in [3.8, 4) is 11.5 Å². The summed E-state index contributed by atoms with van der Waals surface area (Å²) < 4.78 is 19.1. The second kappa shape index (κ2) is 9.01. The van der Waals surface area contributed by atoms with Crippen molar-refractivity contribution < 1.29 is 19.0 Å². The van der Waals surface area contributed by atoms with E-state index in [4.69, 9.17) is 14.2 Å². The van der Waals surface area contributed by atoms with Crippen molar-refractivity contribution >= 4 is 5.91 Å².